The fraction of sp³-hybridized carbons (Fsp3) is 0.286. The molecule has 0 unspecified atom stereocenters. The zero-order chi connectivity index (χ0) is 6.97. The Morgan fingerprint density at radius 1 is 1.50 bits per heavy atom. The summed E-state index contributed by atoms with van der Waals surface area (Å²) in [7, 11) is 0. The van der Waals surface area contributed by atoms with Gasteiger partial charge in [0.2, 0.25) is 0 Å². The molecular formula is C7H7N3. The first kappa shape index (κ1) is 5.53. The summed E-state index contributed by atoms with van der Waals surface area (Å²) in [5.41, 5.74) is 2.11. The largest absolute Gasteiger partial charge is 0.286 e. The number of hydrogen-bond acceptors (Lipinski definition) is 3. The number of aromatic nitrogens is 2. The molecule has 0 bridgehead atoms. The lowest BCUT2D eigenvalue weighted by molar-refractivity contribution is 0.948. The van der Waals surface area contributed by atoms with Gasteiger partial charge in [-0.3, -0.25) is 4.99 Å². The minimum atomic E-state index is 0.721. The molecule has 0 N–H and O–H groups in total. The Morgan fingerprint density at radius 3 is 3.30 bits per heavy atom. The van der Waals surface area contributed by atoms with Crippen molar-refractivity contribution in [3.8, 4) is 0 Å². The Balaban J connectivity index is 2.59. The maximum atomic E-state index is 4.22. The summed E-state index contributed by atoms with van der Waals surface area (Å²) < 4.78 is 0. The van der Waals surface area contributed by atoms with Gasteiger partial charge in [-0.15, -0.1) is 0 Å². The third-order valence-electron chi connectivity index (χ3n) is 1.49. The van der Waals surface area contributed by atoms with Crippen molar-refractivity contribution in [3.63, 3.8) is 0 Å². The topological polar surface area (TPSA) is 38.1 Å². The van der Waals surface area contributed by atoms with Crippen LogP contribution in [0.2, 0.25) is 0 Å². The van der Waals surface area contributed by atoms with Crippen LogP contribution in [0.5, 0.6) is 0 Å². The first-order chi connectivity index (χ1) is 4.86. The molecule has 10 heavy (non-hydrogen) atoms. The second-order valence-corrected chi connectivity index (χ2v) is 2.29. The summed E-state index contributed by atoms with van der Waals surface area (Å²) in [6.45, 7) is 2.61. The van der Waals surface area contributed by atoms with Crippen molar-refractivity contribution in [2.24, 2.45) is 4.99 Å². The van der Waals surface area contributed by atoms with Crippen LogP contribution in [0, 0.1) is 6.92 Å². The van der Waals surface area contributed by atoms with Gasteiger partial charge in [0.15, 0.2) is 0 Å². The molecule has 1 aliphatic rings. The van der Waals surface area contributed by atoms with Gasteiger partial charge in [0, 0.05) is 18.0 Å². The highest BCUT2D eigenvalue weighted by molar-refractivity contribution is 5.82. The lowest BCUT2D eigenvalue weighted by Crippen LogP contribution is -1.94. The molecule has 2 heterocycles. The van der Waals surface area contributed by atoms with Crippen molar-refractivity contribution in [1.29, 1.82) is 0 Å². The number of nitrogens with zero attached hydrogens (tertiary/aromatic N) is 3. The molecule has 50 valence electrons. The van der Waals surface area contributed by atoms with Crippen molar-refractivity contribution in [2.75, 3.05) is 0 Å². The van der Waals surface area contributed by atoms with Gasteiger partial charge < -0.3 is 0 Å². The number of fused-ring (bicyclic) bond motifs is 1. The van der Waals surface area contributed by atoms with Crippen molar-refractivity contribution < 1.29 is 0 Å². The summed E-state index contributed by atoms with van der Waals surface area (Å²) in [4.78, 5) is 12.3. The lowest BCUT2D eigenvalue weighted by Gasteiger charge is -1.94. The van der Waals surface area contributed by atoms with Crippen LogP contribution in [0.1, 0.15) is 17.1 Å². The van der Waals surface area contributed by atoms with E-state index in [4.69, 9.17) is 0 Å². The van der Waals surface area contributed by atoms with Crippen LogP contribution < -0.4 is 0 Å². The molecule has 0 spiro atoms. The third kappa shape index (κ3) is 0.708. The minimum absolute atomic E-state index is 0.721. The van der Waals surface area contributed by atoms with E-state index in [2.05, 4.69) is 15.0 Å². The van der Waals surface area contributed by atoms with E-state index in [0.717, 1.165) is 23.6 Å². The normalized spacial score (nSPS) is 13.7. The van der Waals surface area contributed by atoms with Gasteiger partial charge in [-0.2, -0.15) is 0 Å². The molecule has 0 atom stereocenters. The molecule has 0 aliphatic carbocycles. The SMILES string of the molecule is Cc1ncc2c(n1)CN=C2. The highest BCUT2D eigenvalue weighted by atomic mass is 14.9. The van der Waals surface area contributed by atoms with E-state index in [1.807, 2.05) is 19.3 Å². The summed E-state index contributed by atoms with van der Waals surface area (Å²) in [5, 5.41) is 0. The van der Waals surface area contributed by atoms with Crippen LogP contribution in [0.25, 0.3) is 0 Å². The van der Waals surface area contributed by atoms with E-state index in [1.54, 1.807) is 0 Å². The van der Waals surface area contributed by atoms with Crippen LogP contribution >= 0.6 is 0 Å². The van der Waals surface area contributed by atoms with Crippen LogP contribution in [0.3, 0.4) is 0 Å². The van der Waals surface area contributed by atoms with Crippen molar-refractivity contribution in [1.82, 2.24) is 9.97 Å². The highest BCUT2D eigenvalue weighted by Gasteiger charge is 2.06. The van der Waals surface area contributed by atoms with Crippen molar-refractivity contribution in [2.45, 2.75) is 13.5 Å². The van der Waals surface area contributed by atoms with Crippen LogP contribution in [0.15, 0.2) is 11.2 Å². The van der Waals surface area contributed by atoms with E-state index in [9.17, 15) is 0 Å². The Bertz CT molecular complexity index is 291. The van der Waals surface area contributed by atoms with E-state index >= 15 is 0 Å². The number of hydrogen-bond donors (Lipinski definition) is 0. The molecule has 0 fully saturated rings. The smallest absolute Gasteiger partial charge is 0.125 e. The summed E-state index contributed by atoms with van der Waals surface area (Å²) in [6.07, 6.45) is 3.63. The van der Waals surface area contributed by atoms with Gasteiger partial charge >= 0.3 is 0 Å². The maximum absolute atomic E-state index is 4.22. The molecule has 3 nitrogen and oxygen atoms in total. The Hall–Kier alpha value is -1.25. The Morgan fingerprint density at radius 2 is 2.40 bits per heavy atom. The molecule has 0 saturated heterocycles. The zero-order valence-corrected chi connectivity index (χ0v) is 5.70. The summed E-state index contributed by atoms with van der Waals surface area (Å²) in [5.74, 6) is 0.823. The van der Waals surface area contributed by atoms with E-state index in [-0.39, 0.29) is 0 Å². The van der Waals surface area contributed by atoms with Crippen molar-refractivity contribution in [3.05, 3.63) is 23.3 Å². The average Bonchev–Trinajstić information content (AvgIpc) is 2.33. The standard InChI is InChI=1S/C7H7N3/c1-5-9-3-6-2-8-4-7(6)10-5/h2-3H,4H2,1H3. The second kappa shape index (κ2) is 1.87. The van der Waals surface area contributed by atoms with E-state index in [0.29, 0.717) is 0 Å². The maximum Gasteiger partial charge on any atom is 0.125 e. The van der Waals surface area contributed by atoms with Gasteiger partial charge in [-0.05, 0) is 6.92 Å². The zero-order valence-electron chi connectivity index (χ0n) is 5.70. The van der Waals surface area contributed by atoms with Crippen LogP contribution in [-0.2, 0) is 6.54 Å². The predicted octanol–water partition coefficient (Wildman–Crippen LogP) is 0.718. The molecule has 0 radical (unpaired) electrons. The third-order valence-corrected chi connectivity index (χ3v) is 1.49. The number of aliphatic imine (C=N–C) groups is 1. The molecule has 1 aromatic heterocycles. The van der Waals surface area contributed by atoms with Gasteiger partial charge in [0.1, 0.15) is 5.82 Å². The molecule has 0 saturated carbocycles. The van der Waals surface area contributed by atoms with E-state index < -0.39 is 0 Å². The van der Waals surface area contributed by atoms with Crippen LogP contribution in [0.4, 0.5) is 0 Å². The first-order valence-electron chi connectivity index (χ1n) is 3.18. The van der Waals surface area contributed by atoms with Crippen molar-refractivity contribution >= 4 is 6.21 Å². The molecule has 3 heteroatoms. The van der Waals surface area contributed by atoms with Gasteiger partial charge in [0.25, 0.3) is 0 Å². The minimum Gasteiger partial charge on any atom is -0.286 e. The molecule has 2 rings (SSSR count). The lowest BCUT2D eigenvalue weighted by atomic mass is 10.3. The predicted molar refractivity (Wildman–Crippen MR) is 38.1 cm³/mol. The Labute approximate surface area is 58.9 Å². The average molecular weight is 133 g/mol. The summed E-state index contributed by atoms with van der Waals surface area (Å²) >= 11 is 0. The van der Waals surface area contributed by atoms with Crippen LogP contribution in [-0.4, -0.2) is 16.2 Å². The molecule has 1 aromatic rings. The monoisotopic (exact) mass is 133 g/mol. The Kier molecular flexibility index (Phi) is 1.03. The first-order valence-corrected chi connectivity index (χ1v) is 3.18. The molecule has 0 amide bonds. The second-order valence-electron chi connectivity index (χ2n) is 2.29. The van der Waals surface area contributed by atoms with Gasteiger partial charge in [-0.1, -0.05) is 0 Å². The molecule has 0 aromatic carbocycles. The molecular weight excluding hydrogens is 126 g/mol. The van der Waals surface area contributed by atoms with Gasteiger partial charge in [0.05, 0.1) is 12.2 Å². The number of aryl methyl sites for hydroxylation is 1. The molecule has 1 aliphatic heterocycles. The number of rotatable bonds is 0. The summed E-state index contributed by atoms with van der Waals surface area (Å²) in [6, 6.07) is 0. The highest BCUT2D eigenvalue weighted by Crippen LogP contribution is 2.09. The quantitative estimate of drug-likeness (QED) is 0.523. The van der Waals surface area contributed by atoms with Gasteiger partial charge in [-0.25, -0.2) is 9.97 Å². The van der Waals surface area contributed by atoms with E-state index in [1.165, 1.54) is 0 Å². The fourth-order valence-corrected chi connectivity index (χ4v) is 0.991. The fourth-order valence-electron chi connectivity index (χ4n) is 0.991.